The Morgan fingerprint density at radius 1 is 0.760 bits per heavy atom. The van der Waals surface area contributed by atoms with E-state index in [9.17, 15) is 4.79 Å². The number of benzene rings is 2. The predicted molar refractivity (Wildman–Crippen MR) is 201 cm³/mol. The van der Waals surface area contributed by atoms with E-state index < -0.39 is 0 Å². The maximum absolute atomic E-state index is 13.1. The second-order valence-electron chi connectivity index (χ2n) is 15.3. The highest BCUT2D eigenvalue weighted by Crippen LogP contribution is 2.44. The van der Waals surface area contributed by atoms with Crippen LogP contribution in [0.3, 0.4) is 0 Å². The molecule has 5 rings (SSSR count). The van der Waals surface area contributed by atoms with Gasteiger partial charge in [0.1, 0.15) is 12.6 Å². The van der Waals surface area contributed by atoms with Crippen LogP contribution in [0.2, 0.25) is 0 Å². The Morgan fingerprint density at radius 2 is 1.38 bits per heavy atom. The van der Waals surface area contributed by atoms with Gasteiger partial charge in [0.15, 0.2) is 12.4 Å². The number of carbonyl (C=O) groups excluding carboxylic acids is 1. The highest BCUT2D eigenvalue weighted by atomic mass is 16.7. The van der Waals surface area contributed by atoms with E-state index in [2.05, 4.69) is 110 Å². The lowest BCUT2D eigenvalue weighted by Gasteiger charge is -2.52. The Labute approximate surface area is 300 Å². The summed E-state index contributed by atoms with van der Waals surface area (Å²) in [6.07, 6.45) is 17.9. The molecule has 0 aliphatic carbocycles. The van der Waals surface area contributed by atoms with Crippen molar-refractivity contribution in [1.82, 2.24) is 10.0 Å². The van der Waals surface area contributed by atoms with Gasteiger partial charge in [-0.25, -0.2) is 9.36 Å². The van der Waals surface area contributed by atoms with E-state index in [1.165, 1.54) is 43.2 Å². The van der Waals surface area contributed by atoms with E-state index in [-0.39, 0.29) is 35.0 Å². The summed E-state index contributed by atoms with van der Waals surface area (Å²) in [7, 11) is 0. The van der Waals surface area contributed by atoms with Crippen LogP contribution in [-0.2, 0) is 16.1 Å². The zero-order valence-electron chi connectivity index (χ0n) is 31.0. The minimum atomic E-state index is -0.296. The van der Waals surface area contributed by atoms with Gasteiger partial charge in [-0.05, 0) is 113 Å². The van der Waals surface area contributed by atoms with Crippen LogP contribution >= 0.6 is 0 Å². The number of aromatic nitrogens is 2. The normalized spacial score (nSPS) is 17.5. The molecule has 0 saturated carbocycles. The SMILES string of the molecule is CCCCCC[n+]1ccc(C(CC(CC(COC(=O)c2ccccc2)c2ccccc2)c2ccncc2)ON2C(C)(C)CCCC2(C)C)cc1. The van der Waals surface area contributed by atoms with E-state index in [0.717, 1.165) is 37.8 Å². The van der Waals surface area contributed by atoms with Gasteiger partial charge in [-0.1, -0.05) is 68.3 Å². The summed E-state index contributed by atoms with van der Waals surface area (Å²) in [5.74, 6) is -0.192. The van der Waals surface area contributed by atoms with Gasteiger partial charge >= 0.3 is 5.97 Å². The van der Waals surface area contributed by atoms with E-state index in [0.29, 0.717) is 12.2 Å². The molecule has 0 radical (unpaired) electrons. The molecular formula is C44H58N3O3+. The first-order valence-electron chi connectivity index (χ1n) is 18.8. The Hall–Kier alpha value is -3.87. The summed E-state index contributed by atoms with van der Waals surface area (Å²) in [5, 5.41) is 2.31. The van der Waals surface area contributed by atoms with Crippen molar-refractivity contribution in [3.05, 3.63) is 132 Å². The van der Waals surface area contributed by atoms with E-state index in [4.69, 9.17) is 9.57 Å². The number of nitrogens with zero attached hydrogens (tertiary/aromatic N) is 3. The molecule has 6 heteroatoms. The van der Waals surface area contributed by atoms with Gasteiger partial charge < -0.3 is 4.74 Å². The first-order valence-corrected chi connectivity index (χ1v) is 18.8. The molecular weight excluding hydrogens is 619 g/mol. The molecule has 3 heterocycles. The van der Waals surface area contributed by atoms with Crippen molar-refractivity contribution in [3.63, 3.8) is 0 Å². The second-order valence-corrected chi connectivity index (χ2v) is 15.3. The van der Waals surface area contributed by atoms with Crippen LogP contribution in [0.5, 0.6) is 0 Å². The van der Waals surface area contributed by atoms with Crippen LogP contribution in [-0.4, -0.2) is 33.7 Å². The number of piperidine rings is 1. The minimum absolute atomic E-state index is 0.00778. The third kappa shape index (κ3) is 10.3. The molecule has 2 aromatic carbocycles. The fourth-order valence-electron chi connectivity index (χ4n) is 7.65. The quantitative estimate of drug-likeness (QED) is 0.0633. The van der Waals surface area contributed by atoms with Gasteiger partial charge in [0, 0.05) is 47.9 Å². The zero-order valence-corrected chi connectivity index (χ0v) is 31.0. The van der Waals surface area contributed by atoms with Crippen molar-refractivity contribution in [1.29, 1.82) is 0 Å². The van der Waals surface area contributed by atoms with Crippen molar-refractivity contribution in [2.45, 2.75) is 128 Å². The molecule has 0 bridgehead atoms. The molecule has 2 aromatic heterocycles. The van der Waals surface area contributed by atoms with Crippen LogP contribution in [0.25, 0.3) is 0 Å². The molecule has 1 aliphatic rings. The van der Waals surface area contributed by atoms with Crippen LogP contribution in [0, 0.1) is 0 Å². The maximum atomic E-state index is 13.1. The topological polar surface area (TPSA) is 55.5 Å². The summed E-state index contributed by atoms with van der Waals surface area (Å²) in [5.41, 5.74) is 3.92. The van der Waals surface area contributed by atoms with Crippen LogP contribution in [0.1, 0.15) is 137 Å². The van der Waals surface area contributed by atoms with Gasteiger partial charge in [-0.2, -0.15) is 5.06 Å². The molecule has 266 valence electrons. The Bertz CT molecular complexity index is 1560. The fraction of sp³-hybridized carbons (Fsp3) is 0.477. The van der Waals surface area contributed by atoms with E-state index in [1.54, 1.807) is 12.1 Å². The molecule has 0 amide bonds. The van der Waals surface area contributed by atoms with Crippen LogP contribution in [0.4, 0.5) is 0 Å². The number of ether oxygens (including phenoxy) is 1. The number of carbonyl (C=O) groups is 1. The number of hydrogen-bond donors (Lipinski definition) is 0. The average molecular weight is 677 g/mol. The van der Waals surface area contributed by atoms with Crippen molar-refractivity contribution >= 4 is 5.97 Å². The summed E-state index contributed by atoms with van der Waals surface area (Å²) in [6, 6.07) is 28.5. The van der Waals surface area contributed by atoms with Crippen LogP contribution < -0.4 is 4.57 Å². The fourth-order valence-corrected chi connectivity index (χ4v) is 7.65. The van der Waals surface area contributed by atoms with Crippen molar-refractivity contribution in [3.8, 4) is 0 Å². The van der Waals surface area contributed by atoms with Gasteiger partial charge in [0.2, 0.25) is 0 Å². The van der Waals surface area contributed by atoms with Crippen LogP contribution in [0.15, 0.2) is 110 Å². The molecule has 3 unspecified atom stereocenters. The number of hydroxylamine groups is 2. The van der Waals surface area contributed by atoms with Gasteiger partial charge in [0.25, 0.3) is 0 Å². The summed E-state index contributed by atoms with van der Waals surface area (Å²) in [4.78, 5) is 24.8. The number of hydrogen-bond acceptors (Lipinski definition) is 5. The van der Waals surface area contributed by atoms with E-state index in [1.807, 2.05) is 36.7 Å². The molecule has 1 saturated heterocycles. The highest BCUT2D eigenvalue weighted by Gasteiger charge is 2.44. The molecule has 4 aromatic rings. The third-order valence-corrected chi connectivity index (χ3v) is 10.4. The van der Waals surface area contributed by atoms with Crippen molar-refractivity contribution < 1.29 is 18.9 Å². The predicted octanol–water partition coefficient (Wildman–Crippen LogP) is 10.2. The molecule has 0 N–H and O–H groups in total. The molecule has 1 fully saturated rings. The monoisotopic (exact) mass is 676 g/mol. The molecule has 0 spiro atoms. The molecule has 6 nitrogen and oxygen atoms in total. The highest BCUT2D eigenvalue weighted by molar-refractivity contribution is 5.89. The lowest BCUT2D eigenvalue weighted by molar-refractivity contribution is -0.697. The van der Waals surface area contributed by atoms with E-state index >= 15 is 0 Å². The van der Waals surface area contributed by atoms with Crippen molar-refractivity contribution in [2.75, 3.05) is 6.61 Å². The van der Waals surface area contributed by atoms with Gasteiger partial charge in [-0.15, -0.1) is 0 Å². The minimum Gasteiger partial charge on any atom is -0.461 e. The maximum Gasteiger partial charge on any atom is 0.338 e. The summed E-state index contributed by atoms with van der Waals surface area (Å²) >= 11 is 0. The molecule has 50 heavy (non-hydrogen) atoms. The average Bonchev–Trinajstić information content (AvgIpc) is 3.13. The lowest BCUT2D eigenvalue weighted by atomic mass is 9.81. The first kappa shape index (κ1) is 37.4. The molecule has 1 aliphatic heterocycles. The Balaban J connectivity index is 1.46. The smallest absolute Gasteiger partial charge is 0.338 e. The Kier molecular flexibility index (Phi) is 13.4. The first-order chi connectivity index (χ1) is 24.2. The number of esters is 1. The largest absolute Gasteiger partial charge is 0.461 e. The number of unbranched alkanes of at least 4 members (excludes halogenated alkanes) is 3. The number of aryl methyl sites for hydroxylation is 1. The second kappa shape index (κ2) is 17.9. The summed E-state index contributed by atoms with van der Waals surface area (Å²) < 4.78 is 8.32. The lowest BCUT2D eigenvalue weighted by Crippen LogP contribution is -2.58. The van der Waals surface area contributed by atoms with Gasteiger partial charge in [-0.3, -0.25) is 9.82 Å². The zero-order chi connectivity index (χ0) is 35.4. The Morgan fingerprint density at radius 3 is 2.02 bits per heavy atom. The number of rotatable bonds is 17. The number of pyridine rings is 2. The van der Waals surface area contributed by atoms with Crippen molar-refractivity contribution in [2.24, 2.45) is 0 Å². The molecule has 3 atom stereocenters. The summed E-state index contributed by atoms with van der Waals surface area (Å²) in [6.45, 7) is 12.8. The van der Waals surface area contributed by atoms with Gasteiger partial charge in [0.05, 0.1) is 12.2 Å². The standard InChI is InChI=1S/C44H58N3O3/c1-6-7-8-15-29-46-30-23-37(24-31-46)41(50-47-43(2,3)25-16-26-44(47,4)5)33-39(36-21-27-45-28-22-36)32-40(35-17-11-9-12-18-35)34-49-42(48)38-19-13-10-14-20-38/h9-14,17-24,27-28,30-31,39-41H,6-8,15-16,25-26,29,32-34H2,1-5H3/q+1. The third-order valence-electron chi connectivity index (χ3n) is 10.4.